The Morgan fingerprint density at radius 3 is 2.01 bits per heavy atom. The summed E-state index contributed by atoms with van der Waals surface area (Å²) in [7, 11) is 1.95. The smallest absolute Gasteiger partial charge is 0.327 e. The zero-order chi connectivity index (χ0) is 71.0. The summed E-state index contributed by atoms with van der Waals surface area (Å²) in [6.07, 6.45) is -0.0840. The molecule has 7 rings (SSSR count). The minimum atomic E-state index is -1.53. The van der Waals surface area contributed by atoms with Crippen LogP contribution in [0.25, 0.3) is 0 Å². The Balaban J connectivity index is 1.09. The normalized spacial score (nSPS) is 22.3. The molecule has 36 heteroatoms. The molecule has 23 N–H and O–H groups in total. The maximum atomic E-state index is 15.4. The van der Waals surface area contributed by atoms with E-state index in [1.165, 1.54) is 21.1 Å². The van der Waals surface area contributed by atoms with E-state index in [0.29, 0.717) is 28.8 Å². The Morgan fingerprint density at radius 2 is 1.34 bits per heavy atom. The molecule has 0 saturated carbocycles. The van der Waals surface area contributed by atoms with E-state index in [9.17, 15) is 58.2 Å². The largest absolute Gasteiger partial charge is 0.480 e. The Hall–Kier alpha value is -9.26. The van der Waals surface area contributed by atoms with Crippen molar-refractivity contribution in [3.8, 4) is 0 Å². The first-order valence-corrected chi connectivity index (χ1v) is 35.4. The predicted octanol–water partition coefficient (Wildman–Crippen LogP) is -4.57. The number of aliphatic hydroxyl groups excluding tert-OH is 1. The third-order valence-electron chi connectivity index (χ3n) is 16.7. The van der Waals surface area contributed by atoms with Crippen LogP contribution in [0.15, 0.2) is 87.1 Å². The number of aliphatic imine (C=N–C) groups is 3. The van der Waals surface area contributed by atoms with Crippen molar-refractivity contribution in [2.45, 2.75) is 150 Å². The number of β-amino-alcohol motifs (C(OH)–C–C–N with tert-alkyl or cyclic N) is 1. The molecule has 3 aromatic rings. The van der Waals surface area contributed by atoms with E-state index in [1.54, 1.807) is 66.0 Å². The van der Waals surface area contributed by atoms with Gasteiger partial charge in [0.1, 0.15) is 54.4 Å². The second-order valence-corrected chi connectivity index (χ2v) is 27.6. The van der Waals surface area contributed by atoms with Crippen LogP contribution >= 0.6 is 32.9 Å². The number of likely N-dealkylation sites (tertiary alicyclic amines) is 2. The van der Waals surface area contributed by atoms with Gasteiger partial charge in [-0.2, -0.15) is 0 Å². The molecule has 5 heterocycles. The first kappa shape index (κ1) is 76.1. The van der Waals surface area contributed by atoms with Crippen LogP contribution in [-0.4, -0.2) is 225 Å². The number of hydrogen-bond donors (Lipinski definition) is 16. The van der Waals surface area contributed by atoms with Gasteiger partial charge >= 0.3 is 5.97 Å². The number of hydrogen-bond acceptors (Lipinski definition) is 19. The van der Waals surface area contributed by atoms with Crippen LogP contribution in [-0.2, 0) is 78.5 Å². The molecule has 3 fully saturated rings. The Labute approximate surface area is 577 Å². The highest BCUT2D eigenvalue weighted by Crippen LogP contribution is 2.30. The summed E-state index contributed by atoms with van der Waals surface area (Å²) in [6.45, 7) is -0.643. The number of aliphatic hydroxyl groups is 1. The van der Waals surface area contributed by atoms with Crippen molar-refractivity contribution in [3.63, 3.8) is 0 Å². The molecule has 0 unspecified atom stereocenters. The number of guanidine groups is 3. The Morgan fingerprint density at radius 1 is 0.694 bits per heavy atom. The maximum Gasteiger partial charge on any atom is 0.327 e. The molecule has 4 aliphatic rings. The molecule has 98 heavy (non-hydrogen) atoms. The van der Waals surface area contributed by atoms with E-state index in [0.717, 1.165) is 32.1 Å². The third-order valence-corrected chi connectivity index (χ3v) is 20.0. The van der Waals surface area contributed by atoms with Crippen molar-refractivity contribution in [3.05, 3.63) is 93.7 Å². The zero-order valence-corrected chi connectivity index (χ0v) is 56.4. The summed E-state index contributed by atoms with van der Waals surface area (Å²) in [6, 6.07) is 6.27. The zero-order valence-electron chi connectivity index (χ0n) is 54.0. The number of nitrogens with two attached hydrogens (primary N) is 7. The molecule has 4 aliphatic heterocycles. The van der Waals surface area contributed by atoms with E-state index >= 15 is 4.79 Å². The lowest BCUT2D eigenvalue weighted by Crippen LogP contribution is -2.62. The van der Waals surface area contributed by atoms with Crippen molar-refractivity contribution in [1.29, 1.82) is 0 Å². The van der Waals surface area contributed by atoms with E-state index in [4.69, 9.17) is 40.1 Å². The third kappa shape index (κ3) is 22.7. The molecule has 10 amide bonds. The van der Waals surface area contributed by atoms with E-state index in [2.05, 4.69) is 52.2 Å². The summed E-state index contributed by atoms with van der Waals surface area (Å²) in [5, 5.41) is 41.9. The fourth-order valence-electron chi connectivity index (χ4n) is 11.7. The van der Waals surface area contributed by atoms with Gasteiger partial charge in [-0.1, -0.05) is 82.3 Å². The molecule has 11 atom stereocenters. The van der Waals surface area contributed by atoms with Gasteiger partial charge in [0.05, 0.1) is 18.7 Å². The van der Waals surface area contributed by atoms with Gasteiger partial charge in [0.25, 0.3) is 0 Å². The summed E-state index contributed by atoms with van der Waals surface area (Å²) in [5.41, 5.74) is 41.1. The number of aliphatic carboxylic acids is 1. The molecule has 0 spiro atoms. The number of amides is 10. The SMILES string of the molecule is NC(N)=NCCC[C@@H](N)C(=O)N[C@@H](CCCN=C(N)N)C(=O)N1CCC[C@H]1C(=O)N1C[C@@H](O)C[C@H]1C(=O)NCC(=O)N[C@@H](Cc1cccs1)C(=O)N[C@H]1CSSC[C@@H](C(=O)O)NC(=O)[C@H](CCCN=C(N)N)NC(=O)[C@H](Cc2ccccc2)NC(=O)[C@H]2Cc3ccccc3CN2C1=O. The van der Waals surface area contributed by atoms with Gasteiger partial charge < -0.3 is 102 Å². The van der Waals surface area contributed by atoms with Crippen molar-refractivity contribution in [2.75, 3.05) is 50.8 Å². The molecule has 2 aromatic carbocycles. The van der Waals surface area contributed by atoms with Gasteiger partial charge in [0.2, 0.25) is 59.1 Å². The minimum Gasteiger partial charge on any atom is -0.480 e. The Bertz CT molecular complexity index is 3390. The van der Waals surface area contributed by atoms with Gasteiger partial charge in [0.15, 0.2) is 17.9 Å². The standard InChI is InChI=1S/C62H88N20O13S3/c63-39(16-6-20-70-60(64)65)50(85)76-41(18-8-22-72-62(68)69)56(91)80-23-9-19-46(80)58(93)82-31-37(83)27-48(82)54(89)73-29-49(84)74-43(28-38-15-10-24-96-38)53(88)78-44-32-97-98-33-45(59(94)95)79-51(86)40(17-7-21-71-61(66)67)75-52(87)42(25-34-11-2-1-3-12-34)77-55(90)47-26-35-13-4-5-14-36(35)30-81(47)57(44)92/h1-5,10-15,24,37,39-48,83H,6-9,16-23,25-33,63H2,(H,73,89)(H,74,84)(H,75,87)(H,76,85)(H,77,90)(H,78,88)(H,79,86)(H,94,95)(H4,64,65,70)(H4,66,67,71)(H4,68,69,72)/t37-,39+,40-,41-,42-,43-,44-,45-,46-,47+,48-/m0/s1. The number of fused-ring (bicyclic) bond motifs is 2. The molecular weight excluding hydrogens is 1330 g/mol. The molecule has 0 bridgehead atoms. The van der Waals surface area contributed by atoms with Crippen LogP contribution in [0.1, 0.15) is 79.4 Å². The highest BCUT2D eigenvalue weighted by molar-refractivity contribution is 8.76. The summed E-state index contributed by atoms with van der Waals surface area (Å²) in [4.78, 5) is 173. The maximum absolute atomic E-state index is 15.4. The second-order valence-electron chi connectivity index (χ2n) is 24.0. The van der Waals surface area contributed by atoms with Gasteiger partial charge in [-0.15, -0.1) is 11.3 Å². The van der Waals surface area contributed by atoms with Gasteiger partial charge in [-0.25, -0.2) is 4.79 Å². The average molecular weight is 1420 g/mol. The molecule has 33 nitrogen and oxygen atoms in total. The fraction of sp³-hybridized carbons (Fsp3) is 0.516. The summed E-state index contributed by atoms with van der Waals surface area (Å²) < 4.78 is 0. The minimum absolute atomic E-state index is 0.0219. The number of carbonyl (C=O) groups excluding carboxylic acids is 10. The van der Waals surface area contributed by atoms with Crippen molar-refractivity contribution in [1.82, 2.24) is 51.9 Å². The fourth-order valence-corrected chi connectivity index (χ4v) is 14.8. The van der Waals surface area contributed by atoms with Crippen LogP contribution in [0.4, 0.5) is 0 Å². The lowest BCUT2D eigenvalue weighted by molar-refractivity contribution is -0.148. The number of thiophene rings is 1. The van der Waals surface area contributed by atoms with Crippen LogP contribution in [0, 0.1) is 0 Å². The number of benzene rings is 2. The monoisotopic (exact) mass is 1420 g/mol. The number of carboxylic acids is 1. The highest BCUT2D eigenvalue weighted by atomic mass is 33.1. The average Bonchev–Trinajstić information content (AvgIpc) is 1.40. The van der Waals surface area contributed by atoms with E-state index in [-0.39, 0.29) is 133 Å². The molecule has 0 aliphatic carbocycles. The van der Waals surface area contributed by atoms with Crippen molar-refractivity contribution < 1.29 is 63.0 Å². The molecule has 3 saturated heterocycles. The number of carbonyl (C=O) groups is 11. The second kappa shape index (κ2) is 37.5. The molecule has 532 valence electrons. The van der Waals surface area contributed by atoms with Crippen LogP contribution < -0.4 is 77.4 Å². The van der Waals surface area contributed by atoms with Gasteiger partial charge in [-0.3, -0.25) is 62.9 Å². The number of nitrogens with zero attached hydrogens (tertiary/aromatic N) is 6. The molecule has 1 aromatic heterocycles. The van der Waals surface area contributed by atoms with E-state index < -0.39 is 138 Å². The summed E-state index contributed by atoms with van der Waals surface area (Å²) in [5.74, 6) is -10.0. The summed E-state index contributed by atoms with van der Waals surface area (Å²) >= 11 is 1.27. The van der Waals surface area contributed by atoms with Crippen molar-refractivity contribution in [2.24, 2.45) is 55.1 Å². The van der Waals surface area contributed by atoms with Crippen LogP contribution in [0.5, 0.6) is 0 Å². The van der Waals surface area contributed by atoms with Crippen molar-refractivity contribution >= 4 is 116 Å². The first-order chi connectivity index (χ1) is 46.9. The lowest BCUT2D eigenvalue weighted by Gasteiger charge is -2.38. The van der Waals surface area contributed by atoms with Crippen LogP contribution in [0.2, 0.25) is 0 Å². The molecule has 0 radical (unpaired) electrons. The van der Waals surface area contributed by atoms with E-state index in [1.807, 2.05) is 6.07 Å². The van der Waals surface area contributed by atoms with Crippen LogP contribution in [0.3, 0.4) is 0 Å². The first-order valence-electron chi connectivity index (χ1n) is 32.1. The Kier molecular flexibility index (Phi) is 29.1. The van der Waals surface area contributed by atoms with Gasteiger partial charge in [-0.05, 0) is 79.5 Å². The quantitative estimate of drug-likeness (QED) is 0.0148. The lowest BCUT2D eigenvalue weighted by atomic mass is 9.92. The number of carboxylic acid groups (broad SMARTS) is 1. The topological polar surface area (TPSA) is 541 Å². The number of rotatable bonds is 27. The highest BCUT2D eigenvalue weighted by Gasteiger charge is 2.47. The molecular formula is C62H88N20O13S3. The van der Waals surface area contributed by atoms with Gasteiger partial charge in [0, 0.05) is 81.3 Å². The number of nitrogens with one attached hydrogen (secondary N) is 7. The predicted molar refractivity (Wildman–Crippen MR) is 368 cm³/mol.